The van der Waals surface area contributed by atoms with E-state index in [1.165, 1.54) is 43.5 Å². The first-order valence-electron chi connectivity index (χ1n) is 7.10. The average molecular weight is 266 g/mol. The number of hydrogen-bond donors (Lipinski definition) is 0. The fourth-order valence-corrected chi connectivity index (χ4v) is 1.85. The first kappa shape index (κ1) is 15.8. The van der Waals surface area contributed by atoms with Crippen LogP contribution in [-0.2, 0) is 4.74 Å². The van der Waals surface area contributed by atoms with Gasteiger partial charge in [0, 0.05) is 25.2 Å². The third-order valence-electron chi connectivity index (χ3n) is 3.00. The van der Waals surface area contributed by atoms with E-state index < -0.39 is 0 Å². The lowest BCUT2D eigenvalue weighted by Crippen LogP contribution is -2.03. The molecule has 0 aliphatic heterocycles. The van der Waals surface area contributed by atoms with Crippen LogP contribution in [0.1, 0.15) is 55.8 Å². The molecule has 0 atom stereocenters. The Bertz CT molecular complexity index is 360. The van der Waals surface area contributed by atoms with Gasteiger partial charge in [-0.1, -0.05) is 26.2 Å². The average Bonchev–Trinajstić information content (AvgIpc) is 2.42. The summed E-state index contributed by atoms with van der Waals surface area (Å²) in [6.07, 6.45) is 5.98. The molecule has 0 aliphatic carbocycles. The second kappa shape index (κ2) is 9.68. The van der Waals surface area contributed by atoms with Gasteiger partial charge < -0.3 is 4.74 Å². The minimum atomic E-state index is -0.313. The summed E-state index contributed by atoms with van der Waals surface area (Å²) in [7, 11) is 0. The van der Waals surface area contributed by atoms with E-state index in [9.17, 15) is 9.18 Å². The molecular weight excluding hydrogens is 243 g/mol. The van der Waals surface area contributed by atoms with Gasteiger partial charge in [0.15, 0.2) is 5.78 Å². The fourth-order valence-electron chi connectivity index (χ4n) is 1.85. The van der Waals surface area contributed by atoms with Gasteiger partial charge in [-0.2, -0.15) is 0 Å². The van der Waals surface area contributed by atoms with Crippen molar-refractivity contribution in [2.45, 2.75) is 45.4 Å². The van der Waals surface area contributed by atoms with E-state index in [1.807, 2.05) is 0 Å². The molecule has 0 radical (unpaired) electrons. The van der Waals surface area contributed by atoms with E-state index in [0.717, 1.165) is 19.4 Å². The van der Waals surface area contributed by atoms with Gasteiger partial charge in [-0.3, -0.25) is 4.79 Å². The standard InChI is InChI=1S/C16H23FO2/c1-2-3-4-5-12-19-13-6-7-16(18)14-8-10-15(17)11-9-14/h8-11H,2-7,12-13H2,1H3. The van der Waals surface area contributed by atoms with Gasteiger partial charge in [-0.15, -0.1) is 0 Å². The SMILES string of the molecule is CCCCCCOCCCC(=O)c1ccc(F)cc1. The van der Waals surface area contributed by atoms with Crippen LogP contribution in [-0.4, -0.2) is 19.0 Å². The summed E-state index contributed by atoms with van der Waals surface area (Å²) in [4.78, 5) is 11.8. The maximum atomic E-state index is 12.7. The second-order valence-electron chi connectivity index (χ2n) is 4.71. The van der Waals surface area contributed by atoms with Crippen LogP contribution in [0.15, 0.2) is 24.3 Å². The van der Waals surface area contributed by atoms with Crippen LogP contribution in [0.25, 0.3) is 0 Å². The number of carbonyl (C=O) groups excluding carboxylic acids is 1. The number of ketones is 1. The Morgan fingerprint density at radius 1 is 1.05 bits per heavy atom. The Labute approximate surface area is 115 Å². The van der Waals surface area contributed by atoms with Crippen molar-refractivity contribution in [2.24, 2.45) is 0 Å². The topological polar surface area (TPSA) is 26.3 Å². The van der Waals surface area contributed by atoms with Crippen LogP contribution in [0.3, 0.4) is 0 Å². The minimum Gasteiger partial charge on any atom is -0.381 e. The Balaban J connectivity index is 2.06. The highest BCUT2D eigenvalue weighted by Crippen LogP contribution is 2.07. The first-order chi connectivity index (χ1) is 9.24. The van der Waals surface area contributed by atoms with Crippen molar-refractivity contribution >= 4 is 5.78 Å². The van der Waals surface area contributed by atoms with Gasteiger partial charge in [0.1, 0.15) is 5.82 Å². The Morgan fingerprint density at radius 2 is 1.74 bits per heavy atom. The van der Waals surface area contributed by atoms with Crippen molar-refractivity contribution < 1.29 is 13.9 Å². The van der Waals surface area contributed by atoms with Gasteiger partial charge >= 0.3 is 0 Å². The zero-order chi connectivity index (χ0) is 13.9. The molecule has 3 heteroatoms. The van der Waals surface area contributed by atoms with Crippen molar-refractivity contribution in [1.82, 2.24) is 0 Å². The lowest BCUT2D eigenvalue weighted by molar-refractivity contribution is 0.0933. The molecule has 0 aromatic heterocycles. The molecule has 0 aliphatic rings. The summed E-state index contributed by atoms with van der Waals surface area (Å²) in [5.74, 6) is -0.262. The molecule has 0 unspecified atom stereocenters. The predicted octanol–water partition coefficient (Wildman–Crippen LogP) is 4.39. The summed E-state index contributed by atoms with van der Waals surface area (Å²) in [5.41, 5.74) is 0.573. The minimum absolute atomic E-state index is 0.0505. The van der Waals surface area contributed by atoms with Crippen molar-refractivity contribution in [2.75, 3.05) is 13.2 Å². The summed E-state index contributed by atoms with van der Waals surface area (Å²) < 4.78 is 18.2. The Hall–Kier alpha value is -1.22. The van der Waals surface area contributed by atoms with Gasteiger partial charge in [-0.25, -0.2) is 4.39 Å². The van der Waals surface area contributed by atoms with Crippen molar-refractivity contribution in [3.05, 3.63) is 35.6 Å². The molecule has 0 fully saturated rings. The molecule has 1 aromatic carbocycles. The number of halogens is 1. The molecule has 0 saturated carbocycles. The lowest BCUT2D eigenvalue weighted by atomic mass is 10.1. The van der Waals surface area contributed by atoms with Gasteiger partial charge in [0.2, 0.25) is 0 Å². The Morgan fingerprint density at radius 3 is 2.42 bits per heavy atom. The van der Waals surface area contributed by atoms with Crippen molar-refractivity contribution in [3.8, 4) is 0 Å². The van der Waals surface area contributed by atoms with Crippen LogP contribution < -0.4 is 0 Å². The number of carbonyl (C=O) groups is 1. The third kappa shape index (κ3) is 7.06. The van der Waals surface area contributed by atoms with E-state index >= 15 is 0 Å². The van der Waals surface area contributed by atoms with E-state index in [0.29, 0.717) is 18.6 Å². The van der Waals surface area contributed by atoms with Crippen LogP contribution in [0.5, 0.6) is 0 Å². The van der Waals surface area contributed by atoms with Crippen LogP contribution in [0.4, 0.5) is 4.39 Å². The quantitative estimate of drug-likeness (QED) is 0.464. The second-order valence-corrected chi connectivity index (χ2v) is 4.71. The summed E-state index contributed by atoms with van der Waals surface area (Å²) in [6, 6.07) is 5.70. The highest BCUT2D eigenvalue weighted by atomic mass is 19.1. The van der Waals surface area contributed by atoms with Gasteiger partial charge in [0.25, 0.3) is 0 Å². The fraction of sp³-hybridized carbons (Fsp3) is 0.562. The number of ether oxygens (including phenoxy) is 1. The Kier molecular flexibility index (Phi) is 8.07. The number of unbranched alkanes of at least 4 members (excludes halogenated alkanes) is 3. The molecule has 0 heterocycles. The maximum absolute atomic E-state index is 12.7. The molecule has 0 N–H and O–H groups in total. The van der Waals surface area contributed by atoms with Crippen molar-refractivity contribution in [1.29, 1.82) is 0 Å². The molecule has 0 amide bonds. The maximum Gasteiger partial charge on any atom is 0.162 e. The third-order valence-corrected chi connectivity index (χ3v) is 3.00. The predicted molar refractivity (Wildman–Crippen MR) is 74.9 cm³/mol. The van der Waals surface area contributed by atoms with Gasteiger partial charge in [-0.05, 0) is 37.1 Å². The molecule has 106 valence electrons. The number of Topliss-reactive ketones (excluding diaryl/α,β-unsaturated/α-hetero) is 1. The largest absolute Gasteiger partial charge is 0.381 e. The van der Waals surface area contributed by atoms with E-state index in [-0.39, 0.29) is 11.6 Å². The van der Waals surface area contributed by atoms with Crippen molar-refractivity contribution in [3.63, 3.8) is 0 Å². The summed E-state index contributed by atoms with van der Waals surface area (Å²) in [6.45, 7) is 3.59. The molecular formula is C16H23FO2. The van der Waals surface area contributed by atoms with E-state index in [1.54, 1.807) is 0 Å². The highest BCUT2D eigenvalue weighted by Gasteiger charge is 2.05. The van der Waals surface area contributed by atoms with Crippen LogP contribution in [0, 0.1) is 5.82 Å². The lowest BCUT2D eigenvalue weighted by Gasteiger charge is -2.04. The zero-order valence-corrected chi connectivity index (χ0v) is 11.7. The normalized spacial score (nSPS) is 10.6. The van der Waals surface area contributed by atoms with E-state index in [4.69, 9.17) is 4.74 Å². The number of hydrogen-bond acceptors (Lipinski definition) is 2. The summed E-state index contributed by atoms with van der Waals surface area (Å²) in [5, 5.41) is 0. The van der Waals surface area contributed by atoms with Crippen LogP contribution in [0.2, 0.25) is 0 Å². The molecule has 0 saturated heterocycles. The zero-order valence-electron chi connectivity index (χ0n) is 11.7. The monoisotopic (exact) mass is 266 g/mol. The first-order valence-corrected chi connectivity index (χ1v) is 7.10. The molecule has 2 nitrogen and oxygen atoms in total. The van der Waals surface area contributed by atoms with E-state index in [2.05, 4.69) is 6.92 Å². The molecule has 0 spiro atoms. The molecule has 1 rings (SSSR count). The molecule has 0 bridgehead atoms. The summed E-state index contributed by atoms with van der Waals surface area (Å²) >= 11 is 0. The molecule has 1 aromatic rings. The molecule has 19 heavy (non-hydrogen) atoms. The highest BCUT2D eigenvalue weighted by molar-refractivity contribution is 5.95. The number of rotatable bonds is 10. The van der Waals surface area contributed by atoms with Gasteiger partial charge in [0.05, 0.1) is 0 Å². The number of benzene rings is 1. The smallest absolute Gasteiger partial charge is 0.162 e. The van der Waals surface area contributed by atoms with Crippen LogP contribution >= 0.6 is 0 Å².